The normalized spacial score (nSPS) is 12.2. The lowest BCUT2D eigenvalue weighted by Gasteiger charge is -2.26. The Bertz CT molecular complexity index is 393. The molecule has 4 heteroatoms. The van der Waals surface area contributed by atoms with E-state index < -0.39 is 11.9 Å². The first-order chi connectivity index (χ1) is 8.61. The number of aliphatic hydroxyl groups is 1. The number of halogens is 1. The summed E-state index contributed by atoms with van der Waals surface area (Å²) in [6.07, 6.45) is 0.892. The lowest BCUT2D eigenvalue weighted by atomic mass is 10.1. The molecular weight excluding hydrogens is 233 g/mol. The monoisotopic (exact) mass is 253 g/mol. The Hall–Kier alpha value is -1.39. The Morgan fingerprint density at radius 3 is 2.83 bits per heavy atom. The van der Waals surface area contributed by atoms with E-state index in [4.69, 9.17) is 4.74 Å². The van der Waals surface area contributed by atoms with E-state index in [1.165, 1.54) is 6.07 Å². The van der Waals surface area contributed by atoms with Crippen molar-refractivity contribution in [3.8, 4) is 0 Å². The Labute approximate surface area is 107 Å². The van der Waals surface area contributed by atoms with E-state index in [9.17, 15) is 9.50 Å². The number of hydrogen-bond acceptors (Lipinski definition) is 3. The average Bonchev–Trinajstić information content (AvgIpc) is 2.33. The predicted octanol–water partition coefficient (Wildman–Crippen LogP) is 2.52. The van der Waals surface area contributed by atoms with Crippen molar-refractivity contribution in [2.24, 2.45) is 0 Å². The highest BCUT2D eigenvalue weighted by molar-refractivity contribution is 5.55. The van der Waals surface area contributed by atoms with E-state index in [-0.39, 0.29) is 0 Å². The molecule has 1 aromatic carbocycles. The molecule has 0 bridgehead atoms. The zero-order chi connectivity index (χ0) is 13.5. The van der Waals surface area contributed by atoms with Gasteiger partial charge in [-0.25, -0.2) is 4.39 Å². The molecule has 0 aliphatic heterocycles. The van der Waals surface area contributed by atoms with E-state index in [1.807, 2.05) is 4.90 Å². The number of anilines is 1. The third-order valence-corrected chi connectivity index (χ3v) is 2.70. The first-order valence-corrected chi connectivity index (χ1v) is 5.93. The molecule has 1 atom stereocenters. The van der Waals surface area contributed by atoms with Crippen LogP contribution in [0.3, 0.4) is 0 Å². The molecule has 100 valence electrons. The minimum atomic E-state index is -0.851. The lowest BCUT2D eigenvalue weighted by molar-refractivity contribution is 0.193. The van der Waals surface area contributed by atoms with Gasteiger partial charge in [0.1, 0.15) is 5.82 Å². The third kappa shape index (κ3) is 3.55. The van der Waals surface area contributed by atoms with Crippen molar-refractivity contribution in [1.82, 2.24) is 0 Å². The number of methoxy groups -OCH3 is 1. The maximum Gasteiger partial charge on any atom is 0.131 e. The van der Waals surface area contributed by atoms with Gasteiger partial charge in [0.2, 0.25) is 0 Å². The molecule has 3 nitrogen and oxygen atoms in total. The van der Waals surface area contributed by atoms with Crippen molar-refractivity contribution in [3.63, 3.8) is 0 Å². The van der Waals surface area contributed by atoms with Crippen molar-refractivity contribution in [3.05, 3.63) is 42.2 Å². The van der Waals surface area contributed by atoms with E-state index >= 15 is 0 Å². The number of rotatable bonds is 7. The maximum absolute atomic E-state index is 13.8. The van der Waals surface area contributed by atoms with Gasteiger partial charge in [0.15, 0.2) is 0 Å². The molecule has 18 heavy (non-hydrogen) atoms. The smallest absolute Gasteiger partial charge is 0.131 e. The summed E-state index contributed by atoms with van der Waals surface area (Å²) < 4.78 is 18.8. The molecule has 0 aliphatic rings. The van der Waals surface area contributed by atoms with Crippen LogP contribution in [0.4, 0.5) is 10.1 Å². The third-order valence-electron chi connectivity index (χ3n) is 2.70. The molecular formula is C14H20FNO2. The highest BCUT2D eigenvalue weighted by Crippen LogP contribution is 2.28. The van der Waals surface area contributed by atoms with E-state index in [0.29, 0.717) is 30.9 Å². The minimum absolute atomic E-state index is 0.315. The van der Waals surface area contributed by atoms with E-state index in [2.05, 4.69) is 6.58 Å². The molecule has 0 unspecified atom stereocenters. The summed E-state index contributed by atoms with van der Waals surface area (Å²) in [5.41, 5.74) is 0.998. The van der Waals surface area contributed by atoms with E-state index in [0.717, 1.165) is 0 Å². The average molecular weight is 253 g/mol. The topological polar surface area (TPSA) is 32.7 Å². The second kappa shape index (κ2) is 7.13. The van der Waals surface area contributed by atoms with Gasteiger partial charge in [-0.15, -0.1) is 6.58 Å². The highest BCUT2D eigenvalue weighted by atomic mass is 19.1. The van der Waals surface area contributed by atoms with Gasteiger partial charge in [-0.1, -0.05) is 12.1 Å². The van der Waals surface area contributed by atoms with Crippen LogP contribution in [0.15, 0.2) is 30.9 Å². The van der Waals surface area contributed by atoms with Gasteiger partial charge in [-0.3, -0.25) is 0 Å². The number of aliphatic hydroxyl groups excluding tert-OH is 1. The van der Waals surface area contributed by atoms with Gasteiger partial charge in [-0.05, 0) is 19.1 Å². The second-order valence-corrected chi connectivity index (χ2v) is 4.08. The van der Waals surface area contributed by atoms with Crippen LogP contribution in [0.1, 0.15) is 18.6 Å². The van der Waals surface area contributed by atoms with Crippen LogP contribution in [0, 0.1) is 5.82 Å². The summed E-state index contributed by atoms with van der Waals surface area (Å²) >= 11 is 0. The molecule has 0 saturated carbocycles. The van der Waals surface area contributed by atoms with Crippen LogP contribution in [0.25, 0.3) is 0 Å². The van der Waals surface area contributed by atoms with Gasteiger partial charge in [0.05, 0.1) is 12.7 Å². The first-order valence-electron chi connectivity index (χ1n) is 5.93. The molecule has 1 rings (SSSR count). The minimum Gasteiger partial charge on any atom is -0.389 e. The Morgan fingerprint density at radius 2 is 2.28 bits per heavy atom. The fourth-order valence-electron chi connectivity index (χ4n) is 1.88. The number of nitrogens with zero attached hydrogens (tertiary/aromatic N) is 1. The molecule has 0 aromatic heterocycles. The summed E-state index contributed by atoms with van der Waals surface area (Å²) in [6.45, 7) is 6.98. The van der Waals surface area contributed by atoms with Gasteiger partial charge >= 0.3 is 0 Å². The van der Waals surface area contributed by atoms with Crippen LogP contribution in [0.5, 0.6) is 0 Å². The summed E-state index contributed by atoms with van der Waals surface area (Å²) in [5.74, 6) is -0.394. The summed E-state index contributed by atoms with van der Waals surface area (Å²) in [7, 11) is 1.62. The molecule has 0 radical (unpaired) electrons. The fourth-order valence-corrected chi connectivity index (χ4v) is 1.88. The molecule has 0 aliphatic carbocycles. The highest BCUT2D eigenvalue weighted by Gasteiger charge is 2.17. The molecule has 0 fully saturated rings. The zero-order valence-electron chi connectivity index (χ0n) is 10.9. The molecule has 1 N–H and O–H groups in total. The maximum atomic E-state index is 13.8. The van der Waals surface area contributed by atoms with Crippen LogP contribution in [-0.4, -0.2) is 31.9 Å². The molecule has 1 aromatic rings. The van der Waals surface area contributed by atoms with Crippen LogP contribution in [0.2, 0.25) is 0 Å². The summed E-state index contributed by atoms with van der Waals surface area (Å²) in [6, 6.07) is 4.79. The summed E-state index contributed by atoms with van der Waals surface area (Å²) in [5, 5.41) is 9.70. The number of benzene rings is 1. The van der Waals surface area contributed by atoms with Crippen LogP contribution >= 0.6 is 0 Å². The summed E-state index contributed by atoms with van der Waals surface area (Å²) in [4.78, 5) is 1.93. The Kier molecular flexibility index (Phi) is 5.82. The van der Waals surface area contributed by atoms with Crippen molar-refractivity contribution in [2.75, 3.05) is 31.7 Å². The van der Waals surface area contributed by atoms with Gasteiger partial charge in [0.25, 0.3) is 0 Å². The van der Waals surface area contributed by atoms with Gasteiger partial charge in [-0.2, -0.15) is 0 Å². The SMILES string of the molecule is C=CCN(CCOC)c1cccc(F)c1[C@H](C)O. The number of hydrogen-bond donors (Lipinski definition) is 1. The first kappa shape index (κ1) is 14.7. The standard InChI is InChI=1S/C14H20FNO2/c1-4-8-16(9-10-18-3)13-7-5-6-12(15)14(13)11(2)17/h4-7,11,17H,1,8-10H2,2-3H3/t11-/m0/s1. The van der Waals surface area contributed by atoms with Crippen molar-refractivity contribution < 1.29 is 14.2 Å². The van der Waals surface area contributed by atoms with Crippen molar-refractivity contribution in [1.29, 1.82) is 0 Å². The second-order valence-electron chi connectivity index (χ2n) is 4.08. The Balaban J connectivity index is 3.09. The number of ether oxygens (including phenoxy) is 1. The largest absolute Gasteiger partial charge is 0.389 e. The van der Waals surface area contributed by atoms with Crippen LogP contribution in [-0.2, 0) is 4.74 Å². The molecule has 0 saturated heterocycles. The van der Waals surface area contributed by atoms with E-state index in [1.54, 1.807) is 32.2 Å². The van der Waals surface area contributed by atoms with Gasteiger partial charge in [0, 0.05) is 31.5 Å². The molecule has 0 heterocycles. The Morgan fingerprint density at radius 1 is 1.56 bits per heavy atom. The fraction of sp³-hybridized carbons (Fsp3) is 0.429. The van der Waals surface area contributed by atoms with Crippen molar-refractivity contribution in [2.45, 2.75) is 13.0 Å². The lowest BCUT2D eigenvalue weighted by Crippen LogP contribution is -2.28. The quantitative estimate of drug-likeness (QED) is 0.758. The zero-order valence-corrected chi connectivity index (χ0v) is 10.9. The molecule has 0 amide bonds. The van der Waals surface area contributed by atoms with Crippen molar-refractivity contribution >= 4 is 5.69 Å². The molecule has 0 spiro atoms. The van der Waals surface area contributed by atoms with Crippen LogP contribution < -0.4 is 4.90 Å². The van der Waals surface area contributed by atoms with Gasteiger partial charge < -0.3 is 14.7 Å². The predicted molar refractivity (Wildman–Crippen MR) is 71.3 cm³/mol.